The van der Waals surface area contributed by atoms with Crippen molar-refractivity contribution in [3.05, 3.63) is 0 Å². The van der Waals surface area contributed by atoms with E-state index in [9.17, 15) is 0 Å². The first-order chi connectivity index (χ1) is 4.70. The van der Waals surface area contributed by atoms with Crippen molar-refractivity contribution in [1.82, 2.24) is 5.32 Å². The summed E-state index contributed by atoms with van der Waals surface area (Å²) in [6.45, 7) is 5.24. The zero-order valence-electron chi connectivity index (χ0n) is 6.93. The molecule has 0 aromatic carbocycles. The van der Waals surface area contributed by atoms with E-state index in [1.54, 1.807) is 0 Å². The first-order valence-electron chi connectivity index (χ1n) is 4.19. The summed E-state index contributed by atoms with van der Waals surface area (Å²) in [5.74, 6) is 0.943. The molecule has 0 spiro atoms. The van der Waals surface area contributed by atoms with Crippen LogP contribution in [0.3, 0.4) is 0 Å². The van der Waals surface area contributed by atoms with Crippen LogP contribution in [0.25, 0.3) is 0 Å². The highest BCUT2D eigenvalue weighted by molar-refractivity contribution is 4.83. The van der Waals surface area contributed by atoms with E-state index in [-0.39, 0.29) is 0 Å². The molecule has 10 heavy (non-hydrogen) atoms. The molecule has 0 amide bonds. The van der Waals surface area contributed by atoms with Crippen LogP contribution in [0.5, 0.6) is 0 Å². The Bertz CT molecular complexity index is 97.4. The standard InChI is InChI=1S/C8H18N2/c1-6(9)5-10-7(2)8-3-4-8/h6-8,10H,3-5,9H2,1-2H3/t6-,7?/m1/s1. The Balaban J connectivity index is 2.00. The van der Waals surface area contributed by atoms with Crippen molar-refractivity contribution in [3.63, 3.8) is 0 Å². The van der Waals surface area contributed by atoms with E-state index in [1.165, 1.54) is 12.8 Å². The van der Waals surface area contributed by atoms with Gasteiger partial charge < -0.3 is 11.1 Å². The molecule has 1 saturated carbocycles. The lowest BCUT2D eigenvalue weighted by Gasteiger charge is -2.13. The summed E-state index contributed by atoms with van der Waals surface area (Å²) >= 11 is 0. The first kappa shape index (κ1) is 8.02. The molecule has 1 fully saturated rings. The van der Waals surface area contributed by atoms with Gasteiger partial charge in [0.1, 0.15) is 0 Å². The van der Waals surface area contributed by atoms with Gasteiger partial charge in [0.05, 0.1) is 0 Å². The van der Waals surface area contributed by atoms with Gasteiger partial charge in [-0.25, -0.2) is 0 Å². The van der Waals surface area contributed by atoms with Crippen LogP contribution >= 0.6 is 0 Å². The monoisotopic (exact) mass is 142 g/mol. The highest BCUT2D eigenvalue weighted by Crippen LogP contribution is 2.32. The van der Waals surface area contributed by atoms with Crippen molar-refractivity contribution in [2.75, 3.05) is 6.54 Å². The largest absolute Gasteiger partial charge is 0.327 e. The summed E-state index contributed by atoms with van der Waals surface area (Å²) in [5.41, 5.74) is 5.60. The average Bonchev–Trinajstić information content (AvgIpc) is 2.63. The molecule has 0 bridgehead atoms. The van der Waals surface area contributed by atoms with Crippen LogP contribution in [0.2, 0.25) is 0 Å². The Morgan fingerprint density at radius 1 is 1.50 bits per heavy atom. The van der Waals surface area contributed by atoms with Crippen LogP contribution in [-0.2, 0) is 0 Å². The lowest BCUT2D eigenvalue weighted by atomic mass is 10.2. The van der Waals surface area contributed by atoms with E-state index in [1.807, 2.05) is 6.92 Å². The number of nitrogens with two attached hydrogens (primary N) is 1. The Morgan fingerprint density at radius 3 is 2.50 bits per heavy atom. The molecular formula is C8H18N2. The average molecular weight is 142 g/mol. The van der Waals surface area contributed by atoms with Gasteiger partial charge in [0.25, 0.3) is 0 Å². The van der Waals surface area contributed by atoms with Crippen molar-refractivity contribution in [2.24, 2.45) is 11.7 Å². The van der Waals surface area contributed by atoms with E-state index in [4.69, 9.17) is 5.73 Å². The molecule has 2 heteroatoms. The third-order valence-corrected chi connectivity index (χ3v) is 2.09. The van der Waals surface area contributed by atoms with Crippen molar-refractivity contribution >= 4 is 0 Å². The second kappa shape index (κ2) is 3.35. The van der Waals surface area contributed by atoms with E-state index >= 15 is 0 Å². The van der Waals surface area contributed by atoms with E-state index in [0.717, 1.165) is 12.5 Å². The normalized spacial score (nSPS) is 24.3. The number of hydrogen-bond acceptors (Lipinski definition) is 2. The second-order valence-electron chi connectivity index (χ2n) is 3.51. The predicted molar refractivity (Wildman–Crippen MR) is 43.8 cm³/mol. The van der Waals surface area contributed by atoms with Gasteiger partial charge in [-0.2, -0.15) is 0 Å². The second-order valence-corrected chi connectivity index (χ2v) is 3.51. The third kappa shape index (κ3) is 2.67. The summed E-state index contributed by atoms with van der Waals surface area (Å²) in [6, 6.07) is 0.979. The molecule has 2 atom stereocenters. The van der Waals surface area contributed by atoms with Crippen LogP contribution in [0, 0.1) is 5.92 Å². The van der Waals surface area contributed by atoms with Gasteiger partial charge in [0.2, 0.25) is 0 Å². The molecule has 1 aliphatic carbocycles. The molecule has 2 nitrogen and oxygen atoms in total. The molecule has 1 rings (SSSR count). The molecule has 0 aliphatic heterocycles. The maximum Gasteiger partial charge on any atom is 0.0136 e. The fraction of sp³-hybridized carbons (Fsp3) is 1.00. The summed E-state index contributed by atoms with van der Waals surface area (Å²) in [4.78, 5) is 0. The van der Waals surface area contributed by atoms with Gasteiger partial charge in [0.15, 0.2) is 0 Å². The molecule has 1 unspecified atom stereocenters. The van der Waals surface area contributed by atoms with Crippen molar-refractivity contribution in [2.45, 2.75) is 38.8 Å². The lowest BCUT2D eigenvalue weighted by molar-refractivity contribution is 0.476. The van der Waals surface area contributed by atoms with Crippen LogP contribution in [0.1, 0.15) is 26.7 Å². The minimum atomic E-state index is 0.293. The lowest BCUT2D eigenvalue weighted by Crippen LogP contribution is -2.37. The molecular weight excluding hydrogens is 124 g/mol. The maximum atomic E-state index is 5.60. The summed E-state index contributed by atoms with van der Waals surface area (Å²) in [6.07, 6.45) is 2.82. The number of nitrogens with one attached hydrogen (secondary N) is 1. The Hall–Kier alpha value is -0.0800. The van der Waals surface area contributed by atoms with Crippen LogP contribution in [0.4, 0.5) is 0 Å². The van der Waals surface area contributed by atoms with Crippen LogP contribution in [0.15, 0.2) is 0 Å². The summed E-state index contributed by atoms with van der Waals surface area (Å²) in [5, 5.41) is 3.42. The molecule has 3 N–H and O–H groups in total. The van der Waals surface area contributed by atoms with Gasteiger partial charge >= 0.3 is 0 Å². The van der Waals surface area contributed by atoms with Gasteiger partial charge in [-0.3, -0.25) is 0 Å². The maximum absolute atomic E-state index is 5.60. The topological polar surface area (TPSA) is 38.0 Å². The van der Waals surface area contributed by atoms with Gasteiger partial charge in [0, 0.05) is 18.6 Å². The van der Waals surface area contributed by atoms with Gasteiger partial charge in [-0.15, -0.1) is 0 Å². The smallest absolute Gasteiger partial charge is 0.0136 e. The van der Waals surface area contributed by atoms with Crippen LogP contribution < -0.4 is 11.1 Å². The van der Waals surface area contributed by atoms with Gasteiger partial charge in [-0.1, -0.05) is 0 Å². The number of hydrogen-bond donors (Lipinski definition) is 2. The molecule has 1 aliphatic rings. The molecule has 0 aromatic heterocycles. The Kier molecular flexibility index (Phi) is 2.69. The molecule has 0 saturated heterocycles. The fourth-order valence-corrected chi connectivity index (χ4v) is 1.13. The van der Waals surface area contributed by atoms with E-state index in [2.05, 4.69) is 12.2 Å². The van der Waals surface area contributed by atoms with Crippen molar-refractivity contribution in [3.8, 4) is 0 Å². The first-order valence-corrected chi connectivity index (χ1v) is 4.19. The van der Waals surface area contributed by atoms with Crippen molar-refractivity contribution in [1.29, 1.82) is 0 Å². The summed E-state index contributed by atoms with van der Waals surface area (Å²) in [7, 11) is 0. The predicted octanol–water partition coefficient (Wildman–Crippen LogP) is 0.722. The highest BCUT2D eigenvalue weighted by Gasteiger charge is 2.27. The number of rotatable bonds is 4. The highest BCUT2D eigenvalue weighted by atomic mass is 14.9. The Morgan fingerprint density at radius 2 is 2.10 bits per heavy atom. The summed E-state index contributed by atoms with van der Waals surface area (Å²) < 4.78 is 0. The third-order valence-electron chi connectivity index (χ3n) is 2.09. The van der Waals surface area contributed by atoms with E-state index in [0.29, 0.717) is 12.1 Å². The fourth-order valence-electron chi connectivity index (χ4n) is 1.13. The zero-order chi connectivity index (χ0) is 7.56. The molecule has 0 radical (unpaired) electrons. The zero-order valence-corrected chi connectivity index (χ0v) is 6.93. The quantitative estimate of drug-likeness (QED) is 0.607. The minimum Gasteiger partial charge on any atom is -0.327 e. The van der Waals surface area contributed by atoms with Gasteiger partial charge in [-0.05, 0) is 32.6 Å². The van der Waals surface area contributed by atoms with Crippen molar-refractivity contribution < 1.29 is 0 Å². The molecule has 60 valence electrons. The Labute approximate surface area is 63.2 Å². The minimum absolute atomic E-state index is 0.293. The SMILES string of the molecule is CC(NC[C@@H](C)N)C1CC1. The molecule has 0 heterocycles. The molecule has 0 aromatic rings. The van der Waals surface area contributed by atoms with Crippen LogP contribution in [-0.4, -0.2) is 18.6 Å². The van der Waals surface area contributed by atoms with E-state index < -0.39 is 0 Å².